The molecule has 1 aromatic rings. The van der Waals surface area contributed by atoms with Crippen molar-refractivity contribution in [1.82, 2.24) is 4.90 Å². The molecule has 1 atom stereocenters. The molecular formula is C16H24N2O2. The fourth-order valence-electron chi connectivity index (χ4n) is 2.69. The molecule has 20 heavy (non-hydrogen) atoms. The number of hydrogen-bond donors (Lipinski definition) is 1. The molecular weight excluding hydrogens is 252 g/mol. The molecule has 0 aliphatic carbocycles. The number of benzene rings is 1. The quantitative estimate of drug-likeness (QED) is 0.858. The van der Waals surface area contributed by atoms with Crippen LogP contribution in [0, 0.1) is 5.92 Å². The minimum atomic E-state index is -0.0959. The molecule has 4 nitrogen and oxygen atoms in total. The number of amides is 1. The first-order chi connectivity index (χ1) is 9.74. The molecule has 2 rings (SSSR count). The molecule has 4 heteroatoms. The largest absolute Gasteiger partial charge is 0.380 e. The number of carbonyl (C=O) groups excluding carboxylic acids is 1. The summed E-state index contributed by atoms with van der Waals surface area (Å²) in [7, 11) is 1.69. The summed E-state index contributed by atoms with van der Waals surface area (Å²) in [6.45, 7) is 2.81. The first kappa shape index (κ1) is 15.0. The Morgan fingerprint density at radius 3 is 2.40 bits per heavy atom. The van der Waals surface area contributed by atoms with Gasteiger partial charge in [-0.2, -0.15) is 0 Å². The van der Waals surface area contributed by atoms with Crippen molar-refractivity contribution in [1.29, 1.82) is 0 Å². The number of nitrogens with zero attached hydrogens (tertiary/aromatic N) is 1. The second-order valence-electron chi connectivity index (χ2n) is 5.42. The smallest absolute Gasteiger partial charge is 0.227 e. The van der Waals surface area contributed by atoms with Crippen molar-refractivity contribution in [3.8, 4) is 0 Å². The summed E-state index contributed by atoms with van der Waals surface area (Å²) >= 11 is 0. The third-order valence-corrected chi connectivity index (χ3v) is 3.87. The molecule has 1 aromatic carbocycles. The fraction of sp³-hybridized carbons (Fsp3) is 0.562. The third kappa shape index (κ3) is 3.81. The zero-order valence-corrected chi connectivity index (χ0v) is 12.2. The molecule has 0 bridgehead atoms. The molecule has 1 aliphatic heterocycles. The number of likely N-dealkylation sites (tertiary alicyclic amines) is 1. The van der Waals surface area contributed by atoms with Crippen LogP contribution >= 0.6 is 0 Å². The highest BCUT2D eigenvalue weighted by atomic mass is 16.5. The predicted molar refractivity (Wildman–Crippen MR) is 79.2 cm³/mol. The summed E-state index contributed by atoms with van der Waals surface area (Å²) < 4.78 is 5.09. The van der Waals surface area contributed by atoms with Gasteiger partial charge in [0.1, 0.15) is 0 Å². The van der Waals surface area contributed by atoms with Gasteiger partial charge in [-0.15, -0.1) is 0 Å². The van der Waals surface area contributed by atoms with E-state index in [0.29, 0.717) is 13.2 Å². The molecule has 1 aliphatic rings. The zero-order chi connectivity index (χ0) is 14.4. The maximum absolute atomic E-state index is 12.4. The normalized spacial score (nSPS) is 16.4. The van der Waals surface area contributed by atoms with Crippen LogP contribution in [0.5, 0.6) is 0 Å². The minimum Gasteiger partial charge on any atom is -0.380 e. The van der Waals surface area contributed by atoms with Crippen LogP contribution in [0.2, 0.25) is 0 Å². The lowest BCUT2D eigenvalue weighted by Crippen LogP contribution is -2.38. The molecule has 0 saturated carbocycles. The predicted octanol–water partition coefficient (Wildman–Crippen LogP) is 1.57. The number of methoxy groups -OCH3 is 1. The molecule has 2 N–H and O–H groups in total. The summed E-state index contributed by atoms with van der Waals surface area (Å²) in [6.07, 6.45) is 2.96. The molecule has 1 heterocycles. The van der Waals surface area contributed by atoms with Gasteiger partial charge >= 0.3 is 0 Å². The monoisotopic (exact) mass is 276 g/mol. The van der Waals surface area contributed by atoms with Crippen molar-refractivity contribution in [3.05, 3.63) is 35.4 Å². The SMILES string of the molecule is COCc1ccc(CC(CN)C(=O)N2CCCC2)cc1. The van der Waals surface area contributed by atoms with E-state index in [0.717, 1.165) is 43.5 Å². The van der Waals surface area contributed by atoms with E-state index >= 15 is 0 Å². The summed E-state index contributed by atoms with van der Waals surface area (Å²) in [5.74, 6) is 0.118. The lowest BCUT2D eigenvalue weighted by Gasteiger charge is -2.22. The summed E-state index contributed by atoms with van der Waals surface area (Å²) in [4.78, 5) is 14.3. The topological polar surface area (TPSA) is 55.6 Å². The number of carbonyl (C=O) groups is 1. The summed E-state index contributed by atoms with van der Waals surface area (Å²) in [5, 5.41) is 0. The van der Waals surface area contributed by atoms with Crippen molar-refractivity contribution < 1.29 is 9.53 Å². The molecule has 1 amide bonds. The van der Waals surface area contributed by atoms with Gasteiger partial charge in [0.05, 0.1) is 12.5 Å². The Hall–Kier alpha value is -1.39. The van der Waals surface area contributed by atoms with E-state index in [-0.39, 0.29) is 11.8 Å². The number of rotatable bonds is 6. The third-order valence-electron chi connectivity index (χ3n) is 3.87. The van der Waals surface area contributed by atoms with Crippen molar-refractivity contribution in [2.45, 2.75) is 25.9 Å². The van der Waals surface area contributed by atoms with Crippen molar-refractivity contribution >= 4 is 5.91 Å². The Morgan fingerprint density at radius 2 is 1.85 bits per heavy atom. The van der Waals surface area contributed by atoms with Crippen LogP contribution in [0.15, 0.2) is 24.3 Å². The average molecular weight is 276 g/mol. The van der Waals surface area contributed by atoms with Crippen LogP contribution < -0.4 is 5.73 Å². The van der Waals surface area contributed by atoms with Crippen LogP contribution in [0.4, 0.5) is 0 Å². The van der Waals surface area contributed by atoms with Crippen molar-refractivity contribution in [3.63, 3.8) is 0 Å². The van der Waals surface area contributed by atoms with Gasteiger partial charge in [0.2, 0.25) is 5.91 Å². The number of nitrogens with two attached hydrogens (primary N) is 1. The molecule has 110 valence electrons. The van der Waals surface area contributed by atoms with E-state index in [4.69, 9.17) is 10.5 Å². The van der Waals surface area contributed by atoms with Crippen LogP contribution in [0.1, 0.15) is 24.0 Å². The van der Waals surface area contributed by atoms with Gasteiger partial charge < -0.3 is 15.4 Å². The van der Waals surface area contributed by atoms with E-state index in [1.54, 1.807) is 7.11 Å². The van der Waals surface area contributed by atoms with Gasteiger partial charge in [0.15, 0.2) is 0 Å². The Kier molecular flexibility index (Phi) is 5.56. The summed E-state index contributed by atoms with van der Waals surface area (Å²) in [6, 6.07) is 8.22. The van der Waals surface area contributed by atoms with Crippen LogP contribution in [0.3, 0.4) is 0 Å². The van der Waals surface area contributed by atoms with Gasteiger partial charge in [-0.25, -0.2) is 0 Å². The van der Waals surface area contributed by atoms with Gasteiger partial charge in [0, 0.05) is 26.7 Å². The highest BCUT2D eigenvalue weighted by molar-refractivity contribution is 5.79. The fourth-order valence-corrected chi connectivity index (χ4v) is 2.69. The van der Waals surface area contributed by atoms with Gasteiger partial charge in [-0.1, -0.05) is 24.3 Å². The Bertz CT molecular complexity index is 425. The second kappa shape index (κ2) is 7.41. The molecule has 0 aromatic heterocycles. The van der Waals surface area contributed by atoms with E-state index < -0.39 is 0 Å². The van der Waals surface area contributed by atoms with E-state index in [2.05, 4.69) is 12.1 Å². The minimum absolute atomic E-state index is 0.0959. The van der Waals surface area contributed by atoms with Crippen LogP contribution in [-0.4, -0.2) is 37.6 Å². The van der Waals surface area contributed by atoms with Crippen molar-refractivity contribution in [2.24, 2.45) is 11.7 Å². The van der Waals surface area contributed by atoms with Crippen LogP contribution in [0.25, 0.3) is 0 Å². The molecule has 1 fully saturated rings. The molecule has 1 saturated heterocycles. The summed E-state index contributed by atoms with van der Waals surface area (Å²) in [5.41, 5.74) is 8.10. The van der Waals surface area contributed by atoms with Crippen molar-refractivity contribution in [2.75, 3.05) is 26.7 Å². The van der Waals surface area contributed by atoms with Gasteiger partial charge in [0.25, 0.3) is 0 Å². The molecule has 1 unspecified atom stereocenters. The zero-order valence-electron chi connectivity index (χ0n) is 12.2. The van der Waals surface area contributed by atoms with Gasteiger partial charge in [-0.3, -0.25) is 4.79 Å². The maximum Gasteiger partial charge on any atom is 0.227 e. The van der Waals surface area contributed by atoms with E-state index in [1.165, 1.54) is 0 Å². The van der Waals surface area contributed by atoms with E-state index in [1.807, 2.05) is 17.0 Å². The lowest BCUT2D eigenvalue weighted by atomic mass is 9.97. The molecule has 0 spiro atoms. The lowest BCUT2D eigenvalue weighted by molar-refractivity contribution is -0.134. The average Bonchev–Trinajstić information content (AvgIpc) is 3.00. The maximum atomic E-state index is 12.4. The van der Waals surface area contributed by atoms with Crippen LogP contribution in [-0.2, 0) is 22.6 Å². The Morgan fingerprint density at radius 1 is 1.25 bits per heavy atom. The number of hydrogen-bond acceptors (Lipinski definition) is 3. The highest BCUT2D eigenvalue weighted by Crippen LogP contribution is 2.16. The Balaban J connectivity index is 1.96. The highest BCUT2D eigenvalue weighted by Gasteiger charge is 2.25. The standard InChI is InChI=1S/C16H24N2O2/c1-20-12-14-6-4-13(5-7-14)10-15(11-17)16(19)18-8-2-3-9-18/h4-7,15H,2-3,8-12,17H2,1H3. The first-order valence-corrected chi connectivity index (χ1v) is 7.30. The Labute approximate surface area is 120 Å². The first-order valence-electron chi connectivity index (χ1n) is 7.30. The molecule has 0 radical (unpaired) electrons. The second-order valence-corrected chi connectivity index (χ2v) is 5.42. The van der Waals surface area contributed by atoms with E-state index in [9.17, 15) is 4.79 Å². The number of ether oxygens (including phenoxy) is 1. The van der Waals surface area contributed by atoms with Gasteiger partial charge in [-0.05, 0) is 30.4 Å².